The van der Waals surface area contributed by atoms with Crippen molar-refractivity contribution in [2.24, 2.45) is 11.7 Å². The van der Waals surface area contributed by atoms with E-state index >= 15 is 0 Å². The number of amides is 2. The molecule has 138 valence electrons. The van der Waals surface area contributed by atoms with Crippen molar-refractivity contribution in [2.75, 3.05) is 13.1 Å². The zero-order chi connectivity index (χ0) is 18.8. The fraction of sp³-hybridized carbons (Fsp3) is 0.286. The van der Waals surface area contributed by atoms with Gasteiger partial charge in [0, 0.05) is 24.0 Å². The highest BCUT2D eigenvalue weighted by molar-refractivity contribution is 6.04. The number of primary amides is 1. The van der Waals surface area contributed by atoms with Gasteiger partial charge in [0.25, 0.3) is 5.91 Å². The van der Waals surface area contributed by atoms with Crippen molar-refractivity contribution >= 4 is 22.7 Å². The molecule has 1 aliphatic rings. The highest BCUT2D eigenvalue weighted by Gasteiger charge is 2.26. The molecule has 1 saturated heterocycles. The van der Waals surface area contributed by atoms with Gasteiger partial charge >= 0.3 is 0 Å². The van der Waals surface area contributed by atoms with Crippen LogP contribution in [-0.4, -0.2) is 40.0 Å². The Morgan fingerprint density at radius 3 is 2.48 bits per heavy atom. The quantitative estimate of drug-likeness (QED) is 0.747. The predicted octanol–water partition coefficient (Wildman–Crippen LogP) is 2.76. The number of hydrogen-bond donors (Lipinski definition) is 2. The average molecular weight is 362 g/mol. The maximum Gasteiger partial charge on any atom is 0.274 e. The van der Waals surface area contributed by atoms with Crippen LogP contribution in [0.15, 0.2) is 48.5 Å². The van der Waals surface area contributed by atoms with E-state index in [1.165, 1.54) is 5.56 Å². The molecule has 0 unspecified atom stereocenters. The fourth-order valence-corrected chi connectivity index (χ4v) is 3.75. The third-order valence-electron chi connectivity index (χ3n) is 5.34. The molecule has 2 amide bonds. The summed E-state index contributed by atoms with van der Waals surface area (Å²) in [7, 11) is 0. The molecular formula is C21H22N4O2. The number of rotatable bonds is 4. The van der Waals surface area contributed by atoms with Gasteiger partial charge in [0.2, 0.25) is 5.91 Å². The monoisotopic (exact) mass is 362 g/mol. The standard InChI is InChI=1S/C21H22N4O2/c22-20(26)16-7-5-14(6-8-16)13-15-9-11-25(12-10-15)21(27)19-17-3-1-2-4-18(17)23-24-19/h1-8,15H,9-13H2,(H2,22,26)(H,23,24). The number of aromatic nitrogens is 2. The van der Waals surface area contributed by atoms with Crippen LogP contribution in [0, 0.1) is 5.92 Å². The number of fused-ring (bicyclic) bond motifs is 1. The topological polar surface area (TPSA) is 92.1 Å². The summed E-state index contributed by atoms with van der Waals surface area (Å²) in [5, 5.41) is 8.03. The summed E-state index contributed by atoms with van der Waals surface area (Å²) in [6.45, 7) is 1.48. The van der Waals surface area contributed by atoms with Gasteiger partial charge < -0.3 is 10.6 Å². The predicted molar refractivity (Wildman–Crippen MR) is 103 cm³/mol. The lowest BCUT2D eigenvalue weighted by Gasteiger charge is -2.31. The molecule has 0 aliphatic carbocycles. The molecular weight excluding hydrogens is 340 g/mol. The minimum Gasteiger partial charge on any atom is -0.366 e. The van der Waals surface area contributed by atoms with Crippen molar-refractivity contribution in [1.82, 2.24) is 15.1 Å². The number of nitrogens with two attached hydrogens (primary N) is 1. The number of likely N-dealkylation sites (tertiary alicyclic amines) is 1. The molecule has 3 N–H and O–H groups in total. The Labute approximate surface area is 157 Å². The van der Waals surface area contributed by atoms with Crippen molar-refractivity contribution in [3.63, 3.8) is 0 Å². The van der Waals surface area contributed by atoms with Crippen LogP contribution in [0.2, 0.25) is 0 Å². The van der Waals surface area contributed by atoms with Gasteiger partial charge in [0.05, 0.1) is 5.52 Å². The maximum atomic E-state index is 12.8. The molecule has 0 radical (unpaired) electrons. The minimum absolute atomic E-state index is 0.00305. The number of hydrogen-bond acceptors (Lipinski definition) is 3. The Kier molecular flexibility index (Phi) is 4.62. The third kappa shape index (κ3) is 3.56. The van der Waals surface area contributed by atoms with E-state index in [1.54, 1.807) is 12.1 Å². The molecule has 1 fully saturated rings. The van der Waals surface area contributed by atoms with E-state index in [0.29, 0.717) is 17.2 Å². The first kappa shape index (κ1) is 17.3. The molecule has 2 aromatic carbocycles. The van der Waals surface area contributed by atoms with Gasteiger partial charge in [-0.25, -0.2) is 0 Å². The lowest BCUT2D eigenvalue weighted by molar-refractivity contribution is 0.0686. The van der Waals surface area contributed by atoms with Crippen molar-refractivity contribution in [2.45, 2.75) is 19.3 Å². The molecule has 27 heavy (non-hydrogen) atoms. The van der Waals surface area contributed by atoms with Crippen LogP contribution >= 0.6 is 0 Å². The SMILES string of the molecule is NC(=O)c1ccc(CC2CCN(C(=O)c3n[nH]c4ccccc34)CC2)cc1. The summed E-state index contributed by atoms with van der Waals surface area (Å²) < 4.78 is 0. The maximum absolute atomic E-state index is 12.8. The van der Waals surface area contributed by atoms with Crippen molar-refractivity contribution in [3.8, 4) is 0 Å². The van der Waals surface area contributed by atoms with Crippen LogP contribution in [0.25, 0.3) is 10.9 Å². The van der Waals surface area contributed by atoms with E-state index in [0.717, 1.165) is 43.3 Å². The number of nitrogens with one attached hydrogen (secondary N) is 1. The van der Waals surface area contributed by atoms with Crippen LogP contribution in [0.3, 0.4) is 0 Å². The zero-order valence-corrected chi connectivity index (χ0v) is 15.0. The summed E-state index contributed by atoms with van der Waals surface area (Å²) in [5.41, 5.74) is 8.40. The molecule has 0 spiro atoms. The smallest absolute Gasteiger partial charge is 0.274 e. The second kappa shape index (κ2) is 7.23. The van der Waals surface area contributed by atoms with Gasteiger partial charge in [-0.1, -0.05) is 30.3 Å². The number of nitrogens with zero attached hydrogens (tertiary/aromatic N) is 2. The summed E-state index contributed by atoms with van der Waals surface area (Å²) in [6, 6.07) is 15.2. The highest BCUT2D eigenvalue weighted by atomic mass is 16.2. The van der Waals surface area contributed by atoms with Crippen LogP contribution in [0.1, 0.15) is 39.3 Å². The van der Waals surface area contributed by atoms with Crippen molar-refractivity contribution < 1.29 is 9.59 Å². The molecule has 1 aliphatic heterocycles. The van der Waals surface area contributed by atoms with E-state index in [9.17, 15) is 9.59 Å². The minimum atomic E-state index is -0.403. The second-order valence-electron chi connectivity index (χ2n) is 7.12. The molecule has 0 saturated carbocycles. The van der Waals surface area contributed by atoms with E-state index in [2.05, 4.69) is 10.2 Å². The molecule has 0 atom stereocenters. The molecule has 0 bridgehead atoms. The second-order valence-corrected chi connectivity index (χ2v) is 7.12. The van der Waals surface area contributed by atoms with E-state index in [-0.39, 0.29) is 5.91 Å². The number of piperidine rings is 1. The summed E-state index contributed by atoms with van der Waals surface area (Å²) in [4.78, 5) is 25.9. The Morgan fingerprint density at radius 2 is 1.78 bits per heavy atom. The first-order chi connectivity index (χ1) is 13.1. The van der Waals surface area contributed by atoms with Crippen molar-refractivity contribution in [1.29, 1.82) is 0 Å². The normalized spacial score (nSPS) is 15.2. The molecule has 2 heterocycles. The van der Waals surface area contributed by atoms with Gasteiger partial charge in [-0.15, -0.1) is 0 Å². The highest BCUT2D eigenvalue weighted by Crippen LogP contribution is 2.24. The molecule has 6 heteroatoms. The molecule has 3 aromatic rings. The number of aromatic amines is 1. The van der Waals surface area contributed by atoms with Crippen LogP contribution < -0.4 is 5.73 Å². The van der Waals surface area contributed by atoms with Crippen LogP contribution in [0.5, 0.6) is 0 Å². The van der Waals surface area contributed by atoms with Crippen LogP contribution in [0.4, 0.5) is 0 Å². The summed E-state index contributed by atoms with van der Waals surface area (Å²) in [5.74, 6) is 0.125. The van der Waals surface area contributed by atoms with Gasteiger partial charge in [-0.2, -0.15) is 5.10 Å². The number of benzene rings is 2. The number of carbonyl (C=O) groups is 2. The van der Waals surface area contributed by atoms with E-state index in [1.807, 2.05) is 41.3 Å². The Bertz CT molecular complexity index is 969. The first-order valence-corrected chi connectivity index (χ1v) is 9.23. The third-order valence-corrected chi connectivity index (χ3v) is 5.34. The van der Waals surface area contributed by atoms with Gasteiger partial charge in [-0.05, 0) is 48.9 Å². The molecule has 1 aromatic heterocycles. The molecule has 6 nitrogen and oxygen atoms in total. The van der Waals surface area contributed by atoms with Gasteiger partial charge in [0.15, 0.2) is 5.69 Å². The van der Waals surface area contributed by atoms with Gasteiger partial charge in [0.1, 0.15) is 0 Å². The Hall–Kier alpha value is -3.15. The van der Waals surface area contributed by atoms with Crippen LogP contribution in [-0.2, 0) is 6.42 Å². The van der Waals surface area contributed by atoms with Crippen molar-refractivity contribution in [3.05, 3.63) is 65.4 Å². The number of carbonyl (C=O) groups excluding carboxylic acids is 2. The Balaban J connectivity index is 1.37. The number of para-hydroxylation sites is 1. The zero-order valence-electron chi connectivity index (χ0n) is 15.0. The lowest BCUT2D eigenvalue weighted by Crippen LogP contribution is -2.39. The summed E-state index contributed by atoms with van der Waals surface area (Å²) in [6.07, 6.45) is 2.88. The first-order valence-electron chi connectivity index (χ1n) is 9.23. The summed E-state index contributed by atoms with van der Waals surface area (Å²) >= 11 is 0. The molecule has 4 rings (SSSR count). The average Bonchev–Trinajstić information content (AvgIpc) is 3.12. The fourth-order valence-electron chi connectivity index (χ4n) is 3.75. The van der Waals surface area contributed by atoms with Gasteiger partial charge in [-0.3, -0.25) is 14.7 Å². The lowest BCUT2D eigenvalue weighted by atomic mass is 9.89. The Morgan fingerprint density at radius 1 is 1.07 bits per heavy atom. The van der Waals surface area contributed by atoms with E-state index < -0.39 is 5.91 Å². The largest absolute Gasteiger partial charge is 0.366 e. The number of H-pyrrole nitrogens is 1. The van der Waals surface area contributed by atoms with E-state index in [4.69, 9.17) is 5.73 Å².